The molecule has 0 aliphatic rings. The van der Waals surface area contributed by atoms with Gasteiger partial charge in [-0.3, -0.25) is 4.79 Å². The number of hydrogen-bond donors (Lipinski definition) is 2. The molecule has 0 bridgehead atoms. The molecule has 2 N–H and O–H groups in total. The fraction of sp³-hybridized carbons (Fsp3) is 0.171. The number of aryl methyl sites for hydroxylation is 1. The second-order valence-electron chi connectivity index (χ2n) is 10.4. The second kappa shape index (κ2) is 12.5. The van der Waals surface area contributed by atoms with Crippen LogP contribution in [0, 0.1) is 12.7 Å². The van der Waals surface area contributed by atoms with E-state index in [1.807, 2.05) is 30.3 Å². The molecule has 0 spiro atoms. The van der Waals surface area contributed by atoms with Crippen LogP contribution in [-0.4, -0.2) is 26.8 Å². The van der Waals surface area contributed by atoms with Crippen LogP contribution in [0.25, 0.3) is 33.8 Å². The Balaban J connectivity index is 1.52. The highest BCUT2D eigenvalue weighted by Gasteiger charge is 2.23. The number of carboxylic acids is 1. The smallest absolute Gasteiger partial charge is 0.336 e. The van der Waals surface area contributed by atoms with Crippen molar-refractivity contribution in [1.29, 1.82) is 0 Å². The fourth-order valence-electron chi connectivity index (χ4n) is 5.27. The number of carbonyl (C=O) groups excluding carboxylic acids is 1. The molecule has 1 heterocycles. The van der Waals surface area contributed by atoms with Gasteiger partial charge in [-0.05, 0) is 54.2 Å². The van der Waals surface area contributed by atoms with Crippen LogP contribution in [0.15, 0.2) is 91.1 Å². The largest absolute Gasteiger partial charge is 0.478 e. The standard InChI is InChI=1S/C35H30ClFN2O3/c1-3-8-23(22-9-5-4-6-10-22)19-32(40)25-15-16-26(28(17-25)35(41)42)33-27(11-7-12-29(33)36)34-38-20-31(39-34)24-14-13-21(2)30(37)18-24/h4-7,9-18,20,23H,3,8,19H2,1-2H3,(H,38,39)(H,41,42)/t23-/m0/s1. The molecule has 0 amide bonds. The summed E-state index contributed by atoms with van der Waals surface area (Å²) < 4.78 is 14.2. The lowest BCUT2D eigenvalue weighted by Gasteiger charge is -2.17. The molecule has 42 heavy (non-hydrogen) atoms. The normalized spacial score (nSPS) is 11.8. The highest BCUT2D eigenvalue weighted by molar-refractivity contribution is 6.34. The Morgan fingerprint density at radius 3 is 2.48 bits per heavy atom. The summed E-state index contributed by atoms with van der Waals surface area (Å²) in [6, 6.07) is 24.8. The summed E-state index contributed by atoms with van der Waals surface area (Å²) in [6.45, 7) is 3.78. The third-order valence-corrected chi connectivity index (χ3v) is 7.82. The summed E-state index contributed by atoms with van der Waals surface area (Å²) in [7, 11) is 0. The van der Waals surface area contributed by atoms with Crippen LogP contribution in [0.4, 0.5) is 4.39 Å². The summed E-state index contributed by atoms with van der Waals surface area (Å²) in [5.41, 5.74) is 4.59. The van der Waals surface area contributed by atoms with Gasteiger partial charge in [0.05, 0.1) is 17.5 Å². The number of nitrogens with one attached hydrogen (secondary N) is 1. The minimum Gasteiger partial charge on any atom is -0.478 e. The third-order valence-electron chi connectivity index (χ3n) is 7.51. The van der Waals surface area contributed by atoms with Gasteiger partial charge in [-0.1, -0.05) is 91.7 Å². The zero-order valence-electron chi connectivity index (χ0n) is 23.3. The number of imidazole rings is 1. The molecule has 0 radical (unpaired) electrons. The number of aromatic carboxylic acids is 1. The molecule has 5 rings (SSSR count). The fourth-order valence-corrected chi connectivity index (χ4v) is 5.55. The van der Waals surface area contributed by atoms with Crippen LogP contribution >= 0.6 is 11.6 Å². The predicted molar refractivity (Wildman–Crippen MR) is 165 cm³/mol. The van der Waals surface area contributed by atoms with E-state index in [9.17, 15) is 19.1 Å². The van der Waals surface area contributed by atoms with Gasteiger partial charge in [-0.15, -0.1) is 0 Å². The van der Waals surface area contributed by atoms with Gasteiger partial charge in [0.25, 0.3) is 0 Å². The van der Waals surface area contributed by atoms with Crippen molar-refractivity contribution in [3.63, 3.8) is 0 Å². The molecule has 1 aromatic heterocycles. The summed E-state index contributed by atoms with van der Waals surface area (Å²) in [5.74, 6) is -1.12. The Morgan fingerprint density at radius 2 is 1.76 bits per heavy atom. The molecule has 0 saturated carbocycles. The topological polar surface area (TPSA) is 83.0 Å². The number of carboxylic acid groups (broad SMARTS) is 1. The van der Waals surface area contributed by atoms with Crippen LogP contribution in [0.2, 0.25) is 5.02 Å². The van der Waals surface area contributed by atoms with Gasteiger partial charge < -0.3 is 10.1 Å². The Bertz CT molecular complexity index is 1760. The first kappa shape index (κ1) is 29.0. The van der Waals surface area contributed by atoms with Gasteiger partial charge in [0, 0.05) is 33.7 Å². The maximum absolute atomic E-state index is 14.2. The van der Waals surface area contributed by atoms with E-state index in [1.54, 1.807) is 55.6 Å². The Labute approximate surface area is 249 Å². The lowest BCUT2D eigenvalue weighted by Crippen LogP contribution is -2.10. The van der Waals surface area contributed by atoms with E-state index in [-0.39, 0.29) is 29.5 Å². The molecular weight excluding hydrogens is 551 g/mol. The molecule has 5 aromatic rings. The average Bonchev–Trinajstić information content (AvgIpc) is 3.49. The molecule has 4 aromatic carbocycles. The monoisotopic (exact) mass is 580 g/mol. The number of carbonyl (C=O) groups is 2. The van der Waals surface area contributed by atoms with Crippen molar-refractivity contribution in [3.05, 3.63) is 124 Å². The molecular formula is C35H30ClFN2O3. The molecule has 0 fully saturated rings. The number of aromatic amines is 1. The van der Waals surface area contributed by atoms with Crippen LogP contribution in [0.5, 0.6) is 0 Å². The van der Waals surface area contributed by atoms with E-state index >= 15 is 0 Å². The van der Waals surface area contributed by atoms with Crippen LogP contribution in [0.1, 0.15) is 63.9 Å². The number of aromatic nitrogens is 2. The zero-order valence-corrected chi connectivity index (χ0v) is 24.1. The number of halogens is 2. The van der Waals surface area contributed by atoms with Gasteiger partial charge in [0.2, 0.25) is 0 Å². The highest BCUT2D eigenvalue weighted by atomic mass is 35.5. The molecule has 0 aliphatic heterocycles. The van der Waals surface area contributed by atoms with E-state index < -0.39 is 5.97 Å². The third kappa shape index (κ3) is 6.04. The number of ketones is 1. The quantitative estimate of drug-likeness (QED) is 0.161. The molecule has 5 nitrogen and oxygen atoms in total. The van der Waals surface area contributed by atoms with Crippen molar-refractivity contribution in [2.45, 2.75) is 39.0 Å². The number of Topliss-reactive ketones (excluding diaryl/α,β-unsaturated/α-hetero) is 1. The summed E-state index contributed by atoms with van der Waals surface area (Å²) in [5, 5.41) is 10.6. The van der Waals surface area contributed by atoms with E-state index in [1.165, 1.54) is 12.1 Å². The molecule has 212 valence electrons. The number of hydrogen-bond acceptors (Lipinski definition) is 3. The van der Waals surface area contributed by atoms with Crippen molar-refractivity contribution in [3.8, 4) is 33.8 Å². The van der Waals surface area contributed by atoms with Crippen molar-refractivity contribution < 1.29 is 19.1 Å². The SMILES string of the molecule is CCC[C@@H](CC(=O)c1ccc(-c2c(Cl)cccc2-c2ncc(-c3ccc(C)c(F)c3)[nH]2)c(C(=O)O)c1)c1ccccc1. The van der Waals surface area contributed by atoms with E-state index in [0.717, 1.165) is 18.4 Å². The van der Waals surface area contributed by atoms with E-state index in [2.05, 4.69) is 16.9 Å². The number of H-pyrrole nitrogens is 1. The van der Waals surface area contributed by atoms with Gasteiger partial charge >= 0.3 is 5.97 Å². The molecule has 0 saturated heterocycles. The zero-order chi connectivity index (χ0) is 29.8. The summed E-state index contributed by atoms with van der Waals surface area (Å²) >= 11 is 6.68. The Morgan fingerprint density at radius 1 is 0.976 bits per heavy atom. The first-order chi connectivity index (χ1) is 20.3. The lowest BCUT2D eigenvalue weighted by atomic mass is 9.87. The van der Waals surface area contributed by atoms with Gasteiger partial charge in [-0.2, -0.15) is 0 Å². The number of rotatable bonds is 10. The van der Waals surface area contributed by atoms with Gasteiger partial charge in [0.15, 0.2) is 5.78 Å². The van der Waals surface area contributed by atoms with Crippen LogP contribution in [-0.2, 0) is 0 Å². The second-order valence-corrected chi connectivity index (χ2v) is 10.8. The number of benzene rings is 4. The van der Waals surface area contributed by atoms with E-state index in [0.29, 0.717) is 49.9 Å². The lowest BCUT2D eigenvalue weighted by molar-refractivity contribution is 0.0697. The van der Waals surface area contributed by atoms with E-state index in [4.69, 9.17) is 11.6 Å². The van der Waals surface area contributed by atoms with Crippen LogP contribution < -0.4 is 0 Å². The van der Waals surface area contributed by atoms with Crippen molar-refractivity contribution in [2.75, 3.05) is 0 Å². The van der Waals surface area contributed by atoms with Crippen LogP contribution in [0.3, 0.4) is 0 Å². The first-order valence-corrected chi connectivity index (χ1v) is 14.2. The highest BCUT2D eigenvalue weighted by Crippen LogP contribution is 2.39. The van der Waals surface area contributed by atoms with Gasteiger partial charge in [0.1, 0.15) is 11.6 Å². The summed E-state index contributed by atoms with van der Waals surface area (Å²) in [6.07, 6.45) is 3.66. The Kier molecular flexibility index (Phi) is 8.64. The minimum atomic E-state index is -1.17. The first-order valence-electron chi connectivity index (χ1n) is 13.8. The molecule has 1 atom stereocenters. The van der Waals surface area contributed by atoms with Crippen molar-refractivity contribution in [2.24, 2.45) is 0 Å². The van der Waals surface area contributed by atoms with Gasteiger partial charge in [-0.25, -0.2) is 14.2 Å². The van der Waals surface area contributed by atoms with Crippen molar-refractivity contribution >= 4 is 23.4 Å². The molecule has 0 unspecified atom stereocenters. The summed E-state index contributed by atoms with van der Waals surface area (Å²) in [4.78, 5) is 33.6. The maximum Gasteiger partial charge on any atom is 0.336 e. The molecule has 7 heteroatoms. The predicted octanol–water partition coefficient (Wildman–Crippen LogP) is 9.37. The number of nitrogens with zero attached hydrogens (tertiary/aromatic N) is 1. The Hall–Kier alpha value is -4.55. The van der Waals surface area contributed by atoms with Crippen molar-refractivity contribution in [1.82, 2.24) is 9.97 Å². The maximum atomic E-state index is 14.2. The minimum absolute atomic E-state index is 0.0330. The average molecular weight is 581 g/mol. The molecule has 0 aliphatic carbocycles.